The molecule has 216 valence electrons. The van der Waals surface area contributed by atoms with Gasteiger partial charge in [-0.25, -0.2) is 0 Å². The van der Waals surface area contributed by atoms with E-state index < -0.39 is 29.6 Å². The van der Waals surface area contributed by atoms with E-state index in [2.05, 4.69) is 22.5 Å². The third-order valence-corrected chi connectivity index (χ3v) is 10.4. The first-order chi connectivity index (χ1) is 19.3. The molecule has 2 bridgehead atoms. The number of nitrogens with zero attached hydrogens (tertiary/aromatic N) is 2. The summed E-state index contributed by atoms with van der Waals surface area (Å²) in [4.78, 5) is 45.9. The van der Waals surface area contributed by atoms with Crippen molar-refractivity contribution in [2.24, 2.45) is 11.8 Å². The molecule has 1 aromatic rings. The highest BCUT2D eigenvalue weighted by Crippen LogP contribution is 2.55. The van der Waals surface area contributed by atoms with Crippen molar-refractivity contribution >= 4 is 46.6 Å². The number of rotatable bonds is 7. The Labute approximate surface area is 245 Å². The van der Waals surface area contributed by atoms with E-state index in [1.54, 1.807) is 23.1 Å². The smallest absolute Gasteiger partial charge is 0.246 e. The predicted molar refractivity (Wildman–Crippen MR) is 154 cm³/mol. The van der Waals surface area contributed by atoms with Crippen molar-refractivity contribution < 1.29 is 19.1 Å². The number of likely N-dealkylation sites (tertiary alicyclic amines) is 2. The first-order valence-corrected chi connectivity index (χ1v) is 15.5. The molecule has 1 aromatic carbocycles. The van der Waals surface area contributed by atoms with Crippen molar-refractivity contribution in [1.82, 2.24) is 15.1 Å². The van der Waals surface area contributed by atoms with Gasteiger partial charge in [-0.15, -0.1) is 0 Å². The molecular weight excluding hydrogens is 551 g/mol. The van der Waals surface area contributed by atoms with E-state index in [1.807, 2.05) is 12.2 Å². The minimum Gasteiger partial charge on any atom is -0.359 e. The van der Waals surface area contributed by atoms with Crippen molar-refractivity contribution in [3.05, 3.63) is 40.4 Å². The summed E-state index contributed by atoms with van der Waals surface area (Å²) >= 11 is 12.2. The number of ether oxygens (including phenoxy) is 1. The van der Waals surface area contributed by atoms with E-state index in [9.17, 15) is 14.4 Å². The first kappa shape index (κ1) is 28.0. The van der Waals surface area contributed by atoms with Gasteiger partial charge in [-0.05, 0) is 57.4 Å². The van der Waals surface area contributed by atoms with Gasteiger partial charge in [0.1, 0.15) is 11.6 Å². The van der Waals surface area contributed by atoms with Gasteiger partial charge < -0.3 is 20.3 Å². The van der Waals surface area contributed by atoms with Gasteiger partial charge in [0.15, 0.2) is 0 Å². The molecule has 1 aliphatic carbocycles. The van der Waals surface area contributed by atoms with Crippen LogP contribution in [0.5, 0.6) is 0 Å². The molecule has 6 atom stereocenters. The maximum atomic E-state index is 14.2. The average molecular weight is 590 g/mol. The number of amides is 3. The van der Waals surface area contributed by atoms with Crippen LogP contribution in [0.25, 0.3) is 0 Å². The summed E-state index contributed by atoms with van der Waals surface area (Å²) in [7, 11) is 0. The number of fused-ring (bicyclic) bond motifs is 1. The van der Waals surface area contributed by atoms with E-state index in [0.29, 0.717) is 34.9 Å². The minimum absolute atomic E-state index is 0.104. The van der Waals surface area contributed by atoms with Gasteiger partial charge in [0.25, 0.3) is 0 Å². The van der Waals surface area contributed by atoms with E-state index in [1.165, 1.54) is 12.8 Å². The number of hydrogen-bond acceptors (Lipinski definition) is 5. The number of nitrogens with one attached hydrogen (secondary N) is 2. The standard InChI is InChI=1S/C30H38Cl2N4O4/c1-18-7-5-6-14-35(18)15-16-36-26(28(38)33-19-8-3-2-4-9-19)30-13-12-23(40-30)24(25(30)29(36)39)27(37)34-20-10-11-21(31)22(32)17-20/h10-13,17-19,23-26H,2-9,14-16H2,1H3,(H,33,38)(H,34,37)/t18-,23+,24-,25+,26+,30+/m1/s1. The molecule has 3 saturated heterocycles. The molecule has 2 N–H and O–H groups in total. The molecule has 5 aliphatic rings. The lowest BCUT2D eigenvalue weighted by atomic mass is 9.74. The minimum atomic E-state index is -1.16. The van der Waals surface area contributed by atoms with Gasteiger partial charge in [-0.3, -0.25) is 19.3 Å². The Kier molecular flexibility index (Phi) is 7.89. The molecule has 8 nitrogen and oxygen atoms in total. The van der Waals surface area contributed by atoms with Gasteiger partial charge in [0.05, 0.1) is 28.0 Å². The molecule has 10 heteroatoms. The predicted octanol–water partition coefficient (Wildman–Crippen LogP) is 4.41. The maximum Gasteiger partial charge on any atom is 0.246 e. The molecule has 1 saturated carbocycles. The lowest BCUT2D eigenvalue weighted by Gasteiger charge is -2.37. The SMILES string of the molecule is C[C@@H]1CCCCN1CCN1C(=O)[C@@H]2[C@H](C(=O)Nc3ccc(Cl)c(Cl)c3)[C@@H]3C=C[C@@]2(O3)[C@@H]1C(=O)NC1CCCCC1. The van der Waals surface area contributed by atoms with E-state index >= 15 is 0 Å². The Balaban J connectivity index is 1.27. The fraction of sp³-hybridized carbons (Fsp3) is 0.633. The molecule has 0 radical (unpaired) electrons. The number of carbonyl (C=O) groups is 3. The number of anilines is 1. The van der Waals surface area contributed by atoms with Crippen LogP contribution < -0.4 is 10.6 Å². The summed E-state index contributed by atoms with van der Waals surface area (Å²) in [5.41, 5.74) is -0.665. The van der Waals surface area contributed by atoms with Crippen molar-refractivity contribution in [3.8, 4) is 0 Å². The zero-order valence-electron chi connectivity index (χ0n) is 22.9. The number of carbonyl (C=O) groups excluding carboxylic acids is 3. The van der Waals surface area contributed by atoms with Crippen molar-refractivity contribution in [3.63, 3.8) is 0 Å². The van der Waals surface area contributed by atoms with Crippen LogP contribution in [0.1, 0.15) is 58.3 Å². The molecular formula is C30H38Cl2N4O4. The molecule has 4 aliphatic heterocycles. The van der Waals surface area contributed by atoms with Crippen LogP contribution in [0.15, 0.2) is 30.4 Å². The van der Waals surface area contributed by atoms with Crippen LogP contribution in [0.4, 0.5) is 5.69 Å². The zero-order valence-corrected chi connectivity index (χ0v) is 24.4. The summed E-state index contributed by atoms with van der Waals surface area (Å²) in [6, 6.07) is 4.62. The number of piperidine rings is 1. The Hall–Kier alpha value is -2.13. The van der Waals surface area contributed by atoms with Gasteiger partial charge >= 0.3 is 0 Å². The van der Waals surface area contributed by atoms with E-state index in [-0.39, 0.29) is 23.8 Å². The lowest BCUT2D eigenvalue weighted by Crippen LogP contribution is -2.57. The van der Waals surface area contributed by atoms with Crippen molar-refractivity contribution in [2.75, 3.05) is 25.0 Å². The average Bonchev–Trinajstić information content (AvgIpc) is 3.58. The third kappa shape index (κ3) is 4.95. The highest BCUT2D eigenvalue weighted by atomic mass is 35.5. The second-order valence-corrected chi connectivity index (χ2v) is 12.9. The first-order valence-electron chi connectivity index (χ1n) is 14.8. The van der Waals surface area contributed by atoms with Gasteiger partial charge in [0.2, 0.25) is 17.7 Å². The quantitative estimate of drug-likeness (QED) is 0.460. The zero-order chi connectivity index (χ0) is 28.0. The van der Waals surface area contributed by atoms with Crippen LogP contribution in [-0.2, 0) is 19.1 Å². The number of hydrogen-bond donors (Lipinski definition) is 2. The van der Waals surface area contributed by atoms with Crippen LogP contribution in [-0.4, -0.2) is 77.0 Å². The number of halogens is 2. The Bertz CT molecular complexity index is 1200. The Morgan fingerprint density at radius 3 is 2.55 bits per heavy atom. The highest BCUT2D eigenvalue weighted by Gasteiger charge is 2.72. The molecule has 3 amide bonds. The molecule has 0 unspecified atom stereocenters. The second-order valence-electron chi connectivity index (χ2n) is 12.1. The lowest BCUT2D eigenvalue weighted by molar-refractivity contribution is -0.141. The third-order valence-electron chi connectivity index (χ3n) is 9.63. The summed E-state index contributed by atoms with van der Waals surface area (Å²) in [6.07, 6.45) is 11.9. The van der Waals surface area contributed by atoms with Crippen LogP contribution in [0.3, 0.4) is 0 Å². The van der Waals surface area contributed by atoms with Gasteiger partial charge in [-0.2, -0.15) is 0 Å². The topological polar surface area (TPSA) is 91.0 Å². The van der Waals surface area contributed by atoms with Gasteiger partial charge in [-0.1, -0.05) is 61.0 Å². The summed E-state index contributed by atoms with van der Waals surface area (Å²) in [5, 5.41) is 6.88. The Morgan fingerprint density at radius 2 is 1.80 bits per heavy atom. The summed E-state index contributed by atoms with van der Waals surface area (Å²) in [5.74, 6) is -2.22. The van der Waals surface area contributed by atoms with Crippen molar-refractivity contribution in [1.29, 1.82) is 0 Å². The summed E-state index contributed by atoms with van der Waals surface area (Å²) in [6.45, 7) is 4.33. The maximum absolute atomic E-state index is 14.2. The Morgan fingerprint density at radius 1 is 1.02 bits per heavy atom. The second kappa shape index (κ2) is 11.3. The van der Waals surface area contributed by atoms with Crippen LogP contribution >= 0.6 is 23.2 Å². The summed E-state index contributed by atoms with van der Waals surface area (Å²) < 4.78 is 6.48. The fourth-order valence-corrected chi connectivity index (χ4v) is 7.86. The monoisotopic (exact) mass is 588 g/mol. The van der Waals surface area contributed by atoms with Crippen LogP contribution in [0.2, 0.25) is 10.0 Å². The van der Waals surface area contributed by atoms with Crippen molar-refractivity contribution in [2.45, 2.75) is 88.1 Å². The van der Waals surface area contributed by atoms with Gasteiger partial charge in [0, 0.05) is 30.9 Å². The molecule has 4 heterocycles. The highest BCUT2D eigenvalue weighted by molar-refractivity contribution is 6.42. The number of benzene rings is 1. The molecule has 40 heavy (non-hydrogen) atoms. The molecule has 6 rings (SSSR count). The molecule has 1 spiro atoms. The fourth-order valence-electron chi connectivity index (χ4n) is 7.56. The van der Waals surface area contributed by atoms with E-state index in [0.717, 1.165) is 45.1 Å². The molecule has 0 aromatic heterocycles. The molecule has 4 fully saturated rings. The van der Waals surface area contributed by atoms with E-state index in [4.69, 9.17) is 27.9 Å². The normalized spacial score (nSPS) is 33.8. The largest absolute Gasteiger partial charge is 0.359 e. The van der Waals surface area contributed by atoms with Crippen LogP contribution in [0, 0.1) is 11.8 Å².